The van der Waals surface area contributed by atoms with E-state index in [0.29, 0.717) is 12.0 Å². The van der Waals surface area contributed by atoms with E-state index in [1.165, 1.54) is 0 Å². The quantitative estimate of drug-likeness (QED) is 0.263. The number of hydrogen-bond acceptors (Lipinski definition) is 6. The summed E-state index contributed by atoms with van der Waals surface area (Å²) in [6, 6.07) is 12.0. The van der Waals surface area contributed by atoms with E-state index in [9.17, 15) is 19.2 Å². The molecule has 252 valence electrons. The first kappa shape index (κ1) is 36.6. The van der Waals surface area contributed by atoms with Gasteiger partial charge in [0.1, 0.15) is 29.3 Å². The van der Waals surface area contributed by atoms with Gasteiger partial charge in [0, 0.05) is 12.5 Å². The molecule has 2 aromatic rings. The Labute approximate surface area is 274 Å². The summed E-state index contributed by atoms with van der Waals surface area (Å²) in [4.78, 5) is 57.4. The van der Waals surface area contributed by atoms with Crippen LogP contribution in [-0.4, -0.2) is 58.1 Å². The zero-order chi connectivity index (χ0) is 34.4. The minimum Gasteiger partial charge on any atom is -0.458 e. The van der Waals surface area contributed by atoms with Crippen molar-refractivity contribution in [3.05, 3.63) is 70.8 Å². The van der Waals surface area contributed by atoms with Gasteiger partial charge in [0.15, 0.2) is 0 Å². The predicted octanol–water partition coefficient (Wildman–Crippen LogP) is 6.34. The van der Waals surface area contributed by atoms with Gasteiger partial charge in [-0.1, -0.05) is 68.8 Å². The lowest BCUT2D eigenvalue weighted by atomic mass is 9.91. The number of nitrogens with one attached hydrogen (secondary N) is 2. The SMILES string of the molecule is CCC(C)C(NC(=O)OC(C)(C)C)C(=O)N(C1CC1)C(C(=O)NC(Cc1ccccc1)C(=O)OC(C)(C)C)c1c(C)cccc1C. The maximum Gasteiger partial charge on any atom is 0.408 e. The van der Waals surface area contributed by atoms with Crippen molar-refractivity contribution in [3.63, 3.8) is 0 Å². The van der Waals surface area contributed by atoms with Gasteiger partial charge in [-0.15, -0.1) is 0 Å². The lowest BCUT2D eigenvalue weighted by Gasteiger charge is -2.38. The second-order valence-corrected chi connectivity index (χ2v) is 14.5. The van der Waals surface area contributed by atoms with Crippen molar-refractivity contribution >= 4 is 23.9 Å². The fraction of sp³-hybridized carbons (Fsp3) is 0.568. The molecule has 0 saturated heterocycles. The molecule has 4 unspecified atom stereocenters. The summed E-state index contributed by atoms with van der Waals surface area (Å²) in [6.07, 6.45) is 1.58. The van der Waals surface area contributed by atoms with Crippen LogP contribution in [0, 0.1) is 19.8 Å². The molecule has 0 heterocycles. The first-order valence-corrected chi connectivity index (χ1v) is 16.4. The summed E-state index contributed by atoms with van der Waals surface area (Å²) < 4.78 is 11.3. The van der Waals surface area contributed by atoms with E-state index in [4.69, 9.17) is 9.47 Å². The Bertz CT molecular complexity index is 1350. The summed E-state index contributed by atoms with van der Waals surface area (Å²) in [6.45, 7) is 18.3. The Morgan fingerprint density at radius 3 is 1.91 bits per heavy atom. The third-order valence-electron chi connectivity index (χ3n) is 7.98. The molecule has 0 aliphatic heterocycles. The molecule has 4 atom stereocenters. The molecule has 0 radical (unpaired) electrons. The molecule has 2 N–H and O–H groups in total. The van der Waals surface area contributed by atoms with Gasteiger partial charge in [0.25, 0.3) is 0 Å². The molecular weight excluding hydrogens is 582 g/mol. The van der Waals surface area contributed by atoms with Gasteiger partial charge in [-0.05, 0) is 96.4 Å². The highest BCUT2D eigenvalue weighted by Crippen LogP contribution is 2.38. The van der Waals surface area contributed by atoms with Crippen molar-refractivity contribution in [1.29, 1.82) is 0 Å². The monoisotopic (exact) mass is 635 g/mol. The fourth-order valence-corrected chi connectivity index (χ4v) is 5.47. The van der Waals surface area contributed by atoms with E-state index in [1.54, 1.807) is 46.4 Å². The molecule has 46 heavy (non-hydrogen) atoms. The van der Waals surface area contributed by atoms with Crippen LogP contribution in [-0.2, 0) is 30.3 Å². The molecule has 3 rings (SSSR count). The fourth-order valence-electron chi connectivity index (χ4n) is 5.47. The van der Waals surface area contributed by atoms with Crippen LogP contribution < -0.4 is 10.6 Å². The number of carbonyl (C=O) groups excluding carboxylic acids is 4. The van der Waals surface area contributed by atoms with Crippen LogP contribution in [0.2, 0.25) is 0 Å². The van der Waals surface area contributed by atoms with Gasteiger partial charge in [-0.3, -0.25) is 9.59 Å². The van der Waals surface area contributed by atoms with Crippen LogP contribution in [0.1, 0.15) is 103 Å². The summed E-state index contributed by atoms with van der Waals surface area (Å²) in [5, 5.41) is 5.81. The highest BCUT2D eigenvalue weighted by Gasteiger charge is 2.46. The molecule has 0 spiro atoms. The molecule has 0 bridgehead atoms. The third-order valence-corrected chi connectivity index (χ3v) is 7.98. The summed E-state index contributed by atoms with van der Waals surface area (Å²) in [5.41, 5.74) is 1.72. The lowest BCUT2D eigenvalue weighted by molar-refractivity contribution is -0.159. The molecule has 1 aliphatic rings. The van der Waals surface area contributed by atoms with Crippen LogP contribution in [0.4, 0.5) is 4.79 Å². The number of hydrogen-bond donors (Lipinski definition) is 2. The van der Waals surface area contributed by atoms with Crippen molar-refractivity contribution in [1.82, 2.24) is 15.5 Å². The average molecular weight is 636 g/mol. The number of rotatable bonds is 12. The Morgan fingerprint density at radius 2 is 1.41 bits per heavy atom. The summed E-state index contributed by atoms with van der Waals surface area (Å²) >= 11 is 0. The minimum absolute atomic E-state index is 0.205. The Morgan fingerprint density at radius 1 is 0.848 bits per heavy atom. The molecule has 1 saturated carbocycles. The first-order chi connectivity index (χ1) is 21.4. The molecule has 1 aliphatic carbocycles. The number of benzene rings is 2. The Balaban J connectivity index is 2.09. The molecular formula is C37H53N3O6. The molecule has 9 heteroatoms. The van der Waals surface area contributed by atoms with E-state index < -0.39 is 47.3 Å². The zero-order valence-corrected chi connectivity index (χ0v) is 29.2. The highest BCUT2D eigenvalue weighted by molar-refractivity contribution is 5.95. The Kier molecular flexibility index (Phi) is 12.0. The van der Waals surface area contributed by atoms with Crippen molar-refractivity contribution < 1.29 is 28.7 Å². The van der Waals surface area contributed by atoms with Gasteiger partial charge in [0.2, 0.25) is 11.8 Å². The number of esters is 1. The first-order valence-electron chi connectivity index (χ1n) is 16.4. The molecule has 9 nitrogen and oxygen atoms in total. The van der Waals surface area contributed by atoms with Crippen LogP contribution in [0.5, 0.6) is 0 Å². The van der Waals surface area contributed by atoms with Gasteiger partial charge in [-0.25, -0.2) is 9.59 Å². The summed E-state index contributed by atoms with van der Waals surface area (Å²) in [7, 11) is 0. The second kappa shape index (κ2) is 15.1. The molecule has 2 aromatic carbocycles. The molecule has 1 fully saturated rings. The zero-order valence-electron chi connectivity index (χ0n) is 29.2. The van der Waals surface area contributed by atoms with Gasteiger partial charge < -0.3 is 25.0 Å². The molecule has 0 aromatic heterocycles. The van der Waals surface area contributed by atoms with Crippen molar-refractivity contribution in [3.8, 4) is 0 Å². The van der Waals surface area contributed by atoms with Crippen LogP contribution in [0.25, 0.3) is 0 Å². The third kappa shape index (κ3) is 10.3. The minimum atomic E-state index is -1.05. The second-order valence-electron chi connectivity index (χ2n) is 14.5. The van der Waals surface area contributed by atoms with Gasteiger partial charge in [-0.2, -0.15) is 0 Å². The number of carbonyl (C=O) groups is 4. The summed E-state index contributed by atoms with van der Waals surface area (Å²) in [5.74, 6) is -1.64. The van der Waals surface area contributed by atoms with E-state index in [1.807, 2.05) is 76.2 Å². The maximum atomic E-state index is 14.7. The number of alkyl carbamates (subject to hydrolysis) is 1. The van der Waals surface area contributed by atoms with Crippen molar-refractivity contribution in [2.75, 3.05) is 0 Å². The topological polar surface area (TPSA) is 114 Å². The van der Waals surface area contributed by atoms with E-state index in [2.05, 4.69) is 10.6 Å². The van der Waals surface area contributed by atoms with Gasteiger partial charge >= 0.3 is 12.1 Å². The number of amides is 3. The van der Waals surface area contributed by atoms with E-state index >= 15 is 0 Å². The standard InChI is InChI=1S/C37H53N3O6/c1-11-23(2)30(39-35(44)46-37(8,9)10)33(42)40(27-20-21-27)31(29-24(3)16-15-17-25(29)4)32(41)38-28(34(43)45-36(5,6)7)22-26-18-13-12-14-19-26/h12-19,23,27-28,30-31H,11,20-22H2,1-10H3,(H,38,41)(H,39,44). The average Bonchev–Trinajstić information content (AvgIpc) is 3.78. The normalized spacial score (nSPS) is 16.0. The predicted molar refractivity (Wildman–Crippen MR) is 179 cm³/mol. The largest absolute Gasteiger partial charge is 0.458 e. The number of ether oxygens (including phenoxy) is 2. The van der Waals surface area contributed by atoms with Crippen LogP contribution >= 0.6 is 0 Å². The van der Waals surface area contributed by atoms with Crippen LogP contribution in [0.3, 0.4) is 0 Å². The molecule has 3 amide bonds. The van der Waals surface area contributed by atoms with Crippen molar-refractivity contribution in [2.24, 2.45) is 5.92 Å². The van der Waals surface area contributed by atoms with E-state index in [-0.39, 0.29) is 24.3 Å². The number of nitrogens with zero attached hydrogens (tertiary/aromatic N) is 1. The maximum absolute atomic E-state index is 14.7. The lowest BCUT2D eigenvalue weighted by Crippen LogP contribution is -2.57. The van der Waals surface area contributed by atoms with E-state index in [0.717, 1.165) is 29.5 Å². The van der Waals surface area contributed by atoms with Crippen molar-refractivity contribution in [2.45, 2.75) is 130 Å². The number of aryl methyl sites for hydroxylation is 2. The Hall–Kier alpha value is -3.88. The smallest absolute Gasteiger partial charge is 0.408 e. The van der Waals surface area contributed by atoms with Crippen LogP contribution in [0.15, 0.2) is 48.5 Å². The van der Waals surface area contributed by atoms with Gasteiger partial charge in [0.05, 0.1) is 0 Å². The highest BCUT2D eigenvalue weighted by atomic mass is 16.6.